The number of halogens is 1. The maximum atomic E-state index is 11.4. The number of aromatic nitrogens is 6. The quantitative estimate of drug-likeness (QED) is 0.199. The maximum Gasteiger partial charge on any atom is 0.205 e. The minimum Gasteiger partial charge on any atom is -0.547 e. The largest absolute Gasteiger partial charge is 0.547 e. The van der Waals surface area contributed by atoms with Crippen LogP contribution in [-0.2, 0) is 29.1 Å². The highest BCUT2D eigenvalue weighted by molar-refractivity contribution is 6.30. The zero-order valence-corrected chi connectivity index (χ0v) is 23.4. The topological polar surface area (TPSA) is 192 Å². The molecule has 0 spiro atoms. The van der Waals surface area contributed by atoms with Gasteiger partial charge >= 0.3 is 0 Å². The first-order valence-electron chi connectivity index (χ1n) is 13.5. The molecular weight excluding hydrogens is 568 g/mol. The number of aliphatic hydroxyl groups is 4. The van der Waals surface area contributed by atoms with Gasteiger partial charge in [0.1, 0.15) is 30.2 Å². The molecule has 5 atom stereocenters. The van der Waals surface area contributed by atoms with Crippen LogP contribution in [0.15, 0.2) is 48.5 Å². The van der Waals surface area contributed by atoms with Crippen molar-refractivity contribution in [2.45, 2.75) is 70.0 Å². The van der Waals surface area contributed by atoms with Gasteiger partial charge in [-0.25, -0.2) is 4.98 Å². The van der Waals surface area contributed by atoms with E-state index in [2.05, 4.69) is 27.3 Å². The number of aliphatic hydroxyl groups excluding tert-OH is 4. The molecule has 13 nitrogen and oxygen atoms in total. The molecule has 4 aromatic rings. The normalized spacial score (nSPS) is 22.4. The van der Waals surface area contributed by atoms with Gasteiger partial charge < -0.3 is 39.6 Å². The number of unbranched alkanes of at least 4 members (excludes halogenated alkanes) is 1. The Hall–Kier alpha value is -3.72. The van der Waals surface area contributed by atoms with Crippen molar-refractivity contribution in [1.29, 1.82) is 0 Å². The third-order valence-corrected chi connectivity index (χ3v) is 7.56. The second kappa shape index (κ2) is 12.7. The lowest BCUT2D eigenvalue weighted by molar-refractivity contribution is -0.338. The number of rotatable bonds is 10. The summed E-state index contributed by atoms with van der Waals surface area (Å²) in [6, 6.07) is 15.1. The number of hydrogen-bond donors (Lipinski definition) is 4. The van der Waals surface area contributed by atoms with Crippen LogP contribution in [0, 0.1) is 0 Å². The van der Waals surface area contributed by atoms with Gasteiger partial charge in [0.05, 0.1) is 18.3 Å². The first-order chi connectivity index (χ1) is 20.2. The van der Waals surface area contributed by atoms with E-state index in [-0.39, 0.29) is 12.4 Å². The number of hydrogen-bond acceptors (Lipinski definition) is 11. The summed E-state index contributed by atoms with van der Waals surface area (Å²) in [5, 5.41) is 64.2. The Morgan fingerprint density at radius 1 is 1.05 bits per heavy atom. The van der Waals surface area contributed by atoms with E-state index in [1.807, 2.05) is 41.0 Å². The highest BCUT2D eigenvalue weighted by Crippen LogP contribution is 2.32. The maximum absolute atomic E-state index is 11.4. The van der Waals surface area contributed by atoms with Crippen molar-refractivity contribution in [3.63, 3.8) is 0 Å². The molecule has 0 unspecified atom stereocenters. The molecule has 2 aromatic carbocycles. The highest BCUT2D eigenvalue weighted by atomic mass is 35.5. The number of imidazole rings is 1. The molecule has 0 aliphatic carbocycles. The molecule has 0 radical (unpaired) electrons. The fourth-order valence-electron chi connectivity index (χ4n) is 4.96. The molecule has 0 amide bonds. The molecule has 42 heavy (non-hydrogen) atoms. The fourth-order valence-corrected chi connectivity index (χ4v) is 5.22. The number of carbonyl (C=O) groups excluding carboxylic acids is 1. The number of ether oxygens (including phenoxy) is 1. The molecule has 1 aliphatic heterocycles. The second-order valence-corrected chi connectivity index (χ2v) is 10.4. The molecule has 3 heterocycles. The third-order valence-electron chi connectivity index (χ3n) is 7.26. The summed E-state index contributed by atoms with van der Waals surface area (Å²) in [6.07, 6.45) is -6.15. The number of nitrogens with zero attached hydrogens (tertiary/aromatic N) is 6. The van der Waals surface area contributed by atoms with Gasteiger partial charge in [-0.1, -0.05) is 73.5 Å². The average Bonchev–Trinajstić information content (AvgIpc) is 3.59. The van der Waals surface area contributed by atoms with Gasteiger partial charge in [0.25, 0.3) is 0 Å². The lowest BCUT2D eigenvalue weighted by atomic mass is 9.98. The number of tetrazole rings is 1. The predicted molar refractivity (Wildman–Crippen MR) is 147 cm³/mol. The van der Waals surface area contributed by atoms with E-state index in [4.69, 9.17) is 16.3 Å². The SMILES string of the molecule is CCCCc1nc(Cl)c(CO)n1Cc1ccc(-c2ccccc2-c2nnn([C@@H]3O[C@H](C(=O)[O-])[C@@H](O)[C@H](O)[C@H]3O)n2)cc1. The Morgan fingerprint density at radius 3 is 2.43 bits per heavy atom. The molecule has 222 valence electrons. The zero-order chi connectivity index (χ0) is 30.0. The van der Waals surface area contributed by atoms with Crippen LogP contribution in [0.1, 0.15) is 43.1 Å². The summed E-state index contributed by atoms with van der Waals surface area (Å²) in [5.74, 6) is -0.764. The Balaban J connectivity index is 1.40. The minimum absolute atomic E-state index is 0.164. The Kier molecular flexibility index (Phi) is 8.96. The Bertz CT molecular complexity index is 1540. The Morgan fingerprint density at radius 2 is 1.76 bits per heavy atom. The molecule has 5 rings (SSSR count). The van der Waals surface area contributed by atoms with E-state index < -0.39 is 36.6 Å². The lowest BCUT2D eigenvalue weighted by Crippen LogP contribution is -2.60. The van der Waals surface area contributed by atoms with Crippen LogP contribution in [0.2, 0.25) is 5.15 Å². The number of aliphatic carboxylic acids is 1. The van der Waals surface area contributed by atoms with Crippen LogP contribution in [0.5, 0.6) is 0 Å². The van der Waals surface area contributed by atoms with Crippen molar-refractivity contribution in [3.8, 4) is 22.5 Å². The summed E-state index contributed by atoms with van der Waals surface area (Å²) >= 11 is 6.29. The first kappa shape index (κ1) is 29.8. The molecule has 1 aliphatic rings. The average molecular weight is 598 g/mol. The van der Waals surface area contributed by atoms with E-state index in [9.17, 15) is 30.3 Å². The summed E-state index contributed by atoms with van der Waals surface area (Å²) in [6.45, 7) is 2.38. The minimum atomic E-state index is -1.90. The van der Waals surface area contributed by atoms with Gasteiger partial charge in [-0.2, -0.15) is 0 Å². The van der Waals surface area contributed by atoms with Crippen molar-refractivity contribution < 1.29 is 35.1 Å². The van der Waals surface area contributed by atoms with Crippen molar-refractivity contribution in [2.75, 3.05) is 0 Å². The van der Waals surface area contributed by atoms with E-state index in [0.29, 0.717) is 23.0 Å². The number of benzene rings is 2. The third kappa shape index (κ3) is 5.79. The molecule has 1 fully saturated rings. The Labute approximate surface area is 245 Å². The van der Waals surface area contributed by atoms with Crippen LogP contribution in [0.4, 0.5) is 0 Å². The van der Waals surface area contributed by atoms with Gasteiger partial charge in [0.2, 0.25) is 5.82 Å². The zero-order valence-electron chi connectivity index (χ0n) is 22.6. The summed E-state index contributed by atoms with van der Waals surface area (Å²) in [5.41, 5.74) is 3.79. The molecule has 14 heteroatoms. The monoisotopic (exact) mass is 597 g/mol. The van der Waals surface area contributed by atoms with Crippen LogP contribution in [0.25, 0.3) is 22.5 Å². The van der Waals surface area contributed by atoms with E-state index in [1.165, 1.54) is 0 Å². The van der Waals surface area contributed by atoms with Gasteiger partial charge in [-0.3, -0.25) is 0 Å². The molecule has 4 N–H and O–H groups in total. The summed E-state index contributed by atoms with van der Waals surface area (Å²) in [7, 11) is 0. The van der Waals surface area contributed by atoms with E-state index in [1.54, 1.807) is 12.1 Å². The molecule has 2 aromatic heterocycles. The molecule has 0 saturated carbocycles. The number of carbonyl (C=O) groups is 1. The van der Waals surface area contributed by atoms with Crippen LogP contribution >= 0.6 is 11.6 Å². The fraction of sp³-hybridized carbons (Fsp3) is 0.393. The molecular formula is C28H30ClN6O7-. The molecule has 0 bridgehead atoms. The van der Waals surface area contributed by atoms with Gasteiger partial charge in [0.15, 0.2) is 11.4 Å². The smallest absolute Gasteiger partial charge is 0.205 e. The van der Waals surface area contributed by atoms with Crippen molar-refractivity contribution in [1.82, 2.24) is 29.8 Å². The second-order valence-electron chi connectivity index (χ2n) is 10.0. The number of aryl methyl sites for hydroxylation is 1. The van der Waals surface area contributed by atoms with Gasteiger partial charge in [-0.15, -0.1) is 15.0 Å². The van der Waals surface area contributed by atoms with Crippen molar-refractivity contribution >= 4 is 17.6 Å². The van der Waals surface area contributed by atoms with Crippen LogP contribution in [-0.4, -0.2) is 80.6 Å². The number of carboxylic acid groups (broad SMARTS) is 1. The van der Waals surface area contributed by atoms with Crippen LogP contribution < -0.4 is 5.11 Å². The lowest BCUT2D eigenvalue weighted by Gasteiger charge is -2.39. The standard InChI is InChI=1S/C28H31ClN6O7/c1-2-3-8-20-30-25(29)19(14-36)34(20)13-15-9-11-16(12-10-15)17-6-4-5-7-18(17)26-31-33-35(32-26)27-23(39)21(37)22(38)24(42-27)28(40)41/h4-7,9-12,21-24,27,36-39H,2-3,8,13-14H2,1H3,(H,40,41)/p-1/t21-,22-,23+,24-,27+/m0/s1. The van der Waals surface area contributed by atoms with Crippen molar-refractivity contribution in [3.05, 3.63) is 70.8 Å². The van der Waals surface area contributed by atoms with E-state index in [0.717, 1.165) is 46.6 Å². The van der Waals surface area contributed by atoms with Gasteiger partial charge in [-0.05, 0) is 28.3 Å². The summed E-state index contributed by atoms with van der Waals surface area (Å²) < 4.78 is 7.20. The van der Waals surface area contributed by atoms with Crippen LogP contribution in [0.3, 0.4) is 0 Å². The summed E-state index contributed by atoms with van der Waals surface area (Å²) in [4.78, 5) is 16.7. The van der Waals surface area contributed by atoms with Crippen molar-refractivity contribution in [2.24, 2.45) is 0 Å². The highest BCUT2D eigenvalue weighted by Gasteiger charge is 2.46. The van der Waals surface area contributed by atoms with Gasteiger partial charge in [0, 0.05) is 18.5 Å². The molecule has 1 saturated heterocycles. The van der Waals surface area contributed by atoms with E-state index >= 15 is 0 Å². The first-order valence-corrected chi connectivity index (χ1v) is 13.8. The number of carboxylic acids is 1. The predicted octanol–water partition coefficient (Wildman–Crippen LogP) is 0.470.